The average Bonchev–Trinajstić information content (AvgIpc) is 2.57. The maximum absolute atomic E-state index is 12.1. The molecule has 1 heterocycles. The van der Waals surface area contributed by atoms with Crippen LogP contribution in [0.25, 0.3) is 0 Å². The van der Waals surface area contributed by atoms with Gasteiger partial charge in [0, 0.05) is 13.1 Å². The lowest BCUT2D eigenvalue weighted by atomic mass is 10.0. The monoisotopic (exact) mass is 261 g/mol. The lowest BCUT2D eigenvalue weighted by Gasteiger charge is -2.17. The number of hydrogen-bond donors (Lipinski definition) is 0. The molecule has 1 aliphatic rings. The van der Waals surface area contributed by atoms with Crippen molar-refractivity contribution in [1.29, 1.82) is 0 Å². The zero-order chi connectivity index (χ0) is 13.8. The highest BCUT2D eigenvalue weighted by Crippen LogP contribution is 2.32. The third kappa shape index (κ3) is 2.72. The minimum atomic E-state index is 0.130. The van der Waals surface area contributed by atoms with Crippen LogP contribution in [0.4, 0.5) is 0 Å². The Morgan fingerprint density at radius 2 is 1.89 bits per heavy atom. The van der Waals surface area contributed by atoms with E-state index in [2.05, 4.69) is 6.58 Å². The molecule has 0 bridgehead atoms. The smallest absolute Gasteiger partial charge is 0.227 e. The van der Waals surface area contributed by atoms with Crippen LogP contribution in [0.5, 0.6) is 11.5 Å². The van der Waals surface area contributed by atoms with E-state index in [0.29, 0.717) is 31.0 Å². The minimum absolute atomic E-state index is 0.130. The fourth-order valence-electron chi connectivity index (χ4n) is 2.36. The SMILES string of the molecule is C=CCN1CCc2cc(OC)c(OC)cc2CC1=O. The molecule has 4 heteroatoms. The summed E-state index contributed by atoms with van der Waals surface area (Å²) in [6.07, 6.45) is 2.99. The van der Waals surface area contributed by atoms with Crippen LogP contribution in [-0.4, -0.2) is 38.1 Å². The Morgan fingerprint density at radius 3 is 2.47 bits per heavy atom. The van der Waals surface area contributed by atoms with Gasteiger partial charge in [0.15, 0.2) is 11.5 Å². The van der Waals surface area contributed by atoms with Crippen LogP contribution in [0.15, 0.2) is 24.8 Å². The normalized spacial score (nSPS) is 14.6. The van der Waals surface area contributed by atoms with E-state index in [1.165, 1.54) is 0 Å². The summed E-state index contributed by atoms with van der Waals surface area (Å²) in [6, 6.07) is 3.88. The summed E-state index contributed by atoms with van der Waals surface area (Å²) >= 11 is 0. The number of hydrogen-bond acceptors (Lipinski definition) is 3. The first-order valence-corrected chi connectivity index (χ1v) is 6.32. The number of benzene rings is 1. The van der Waals surface area contributed by atoms with Crippen LogP contribution in [-0.2, 0) is 17.6 Å². The Kier molecular flexibility index (Phi) is 4.10. The fourth-order valence-corrected chi connectivity index (χ4v) is 2.36. The van der Waals surface area contributed by atoms with E-state index in [-0.39, 0.29) is 5.91 Å². The third-order valence-corrected chi connectivity index (χ3v) is 3.40. The van der Waals surface area contributed by atoms with Crippen molar-refractivity contribution < 1.29 is 14.3 Å². The van der Waals surface area contributed by atoms with Gasteiger partial charge in [-0.3, -0.25) is 4.79 Å². The van der Waals surface area contributed by atoms with Gasteiger partial charge in [-0.05, 0) is 29.7 Å². The van der Waals surface area contributed by atoms with Gasteiger partial charge in [-0.1, -0.05) is 6.08 Å². The van der Waals surface area contributed by atoms with E-state index >= 15 is 0 Å². The molecule has 0 saturated heterocycles. The molecule has 19 heavy (non-hydrogen) atoms. The Labute approximate surface area is 113 Å². The molecule has 0 aliphatic carbocycles. The Bertz CT molecular complexity index is 496. The van der Waals surface area contributed by atoms with Gasteiger partial charge < -0.3 is 14.4 Å². The first kappa shape index (κ1) is 13.5. The molecule has 0 fully saturated rings. The van der Waals surface area contributed by atoms with Gasteiger partial charge in [-0.25, -0.2) is 0 Å². The second-order valence-corrected chi connectivity index (χ2v) is 4.53. The number of methoxy groups -OCH3 is 2. The summed E-state index contributed by atoms with van der Waals surface area (Å²) in [5.41, 5.74) is 2.17. The van der Waals surface area contributed by atoms with Crippen LogP contribution in [0.3, 0.4) is 0 Å². The third-order valence-electron chi connectivity index (χ3n) is 3.40. The van der Waals surface area contributed by atoms with Gasteiger partial charge in [0.1, 0.15) is 0 Å². The average molecular weight is 261 g/mol. The van der Waals surface area contributed by atoms with Gasteiger partial charge in [0.2, 0.25) is 5.91 Å². The van der Waals surface area contributed by atoms with Crippen molar-refractivity contribution >= 4 is 5.91 Å². The number of nitrogens with zero attached hydrogens (tertiary/aromatic N) is 1. The maximum atomic E-state index is 12.1. The molecule has 0 N–H and O–H groups in total. The lowest BCUT2D eigenvalue weighted by molar-refractivity contribution is -0.129. The summed E-state index contributed by atoms with van der Waals surface area (Å²) in [5.74, 6) is 1.52. The van der Waals surface area contributed by atoms with Crippen LogP contribution in [0.2, 0.25) is 0 Å². The van der Waals surface area contributed by atoms with Gasteiger partial charge in [-0.2, -0.15) is 0 Å². The summed E-state index contributed by atoms with van der Waals surface area (Å²) in [7, 11) is 3.23. The summed E-state index contributed by atoms with van der Waals surface area (Å²) < 4.78 is 10.6. The molecule has 0 radical (unpaired) electrons. The molecular formula is C15H19NO3. The van der Waals surface area contributed by atoms with Gasteiger partial charge >= 0.3 is 0 Å². The molecule has 2 rings (SSSR count). The number of carbonyl (C=O) groups excluding carboxylic acids is 1. The quantitative estimate of drug-likeness (QED) is 0.776. The van der Waals surface area contributed by atoms with Crippen molar-refractivity contribution in [3.63, 3.8) is 0 Å². The molecule has 0 aromatic heterocycles. The summed E-state index contributed by atoms with van der Waals surface area (Å²) in [6.45, 7) is 5.00. The molecule has 0 atom stereocenters. The predicted molar refractivity (Wildman–Crippen MR) is 73.7 cm³/mol. The Morgan fingerprint density at radius 1 is 1.26 bits per heavy atom. The molecule has 0 saturated carbocycles. The molecule has 4 nitrogen and oxygen atoms in total. The van der Waals surface area contributed by atoms with E-state index in [9.17, 15) is 4.79 Å². The second-order valence-electron chi connectivity index (χ2n) is 4.53. The van der Waals surface area contributed by atoms with E-state index < -0.39 is 0 Å². The van der Waals surface area contributed by atoms with Gasteiger partial charge in [0.25, 0.3) is 0 Å². The lowest BCUT2D eigenvalue weighted by Crippen LogP contribution is -2.32. The van der Waals surface area contributed by atoms with Crippen molar-refractivity contribution in [2.24, 2.45) is 0 Å². The number of ether oxygens (including phenoxy) is 2. The number of amides is 1. The van der Waals surface area contributed by atoms with E-state index in [4.69, 9.17) is 9.47 Å². The zero-order valence-corrected chi connectivity index (χ0v) is 11.4. The highest BCUT2D eigenvalue weighted by Gasteiger charge is 2.21. The molecular weight excluding hydrogens is 242 g/mol. The summed E-state index contributed by atoms with van der Waals surface area (Å²) in [5, 5.41) is 0. The number of rotatable bonds is 4. The van der Waals surface area contributed by atoms with Gasteiger partial charge in [0.05, 0.1) is 20.6 Å². The first-order valence-electron chi connectivity index (χ1n) is 6.32. The molecule has 1 aromatic carbocycles. The van der Waals surface area contributed by atoms with Gasteiger partial charge in [-0.15, -0.1) is 6.58 Å². The van der Waals surface area contributed by atoms with Crippen molar-refractivity contribution in [3.8, 4) is 11.5 Å². The molecule has 102 valence electrons. The second kappa shape index (κ2) is 5.78. The zero-order valence-electron chi connectivity index (χ0n) is 11.4. The van der Waals surface area contributed by atoms with Crippen LogP contribution in [0, 0.1) is 0 Å². The van der Waals surface area contributed by atoms with Crippen molar-refractivity contribution in [2.45, 2.75) is 12.8 Å². The Hall–Kier alpha value is -1.97. The minimum Gasteiger partial charge on any atom is -0.493 e. The predicted octanol–water partition coefficient (Wildman–Crippen LogP) is 1.82. The highest BCUT2D eigenvalue weighted by atomic mass is 16.5. The van der Waals surface area contributed by atoms with Crippen LogP contribution >= 0.6 is 0 Å². The highest BCUT2D eigenvalue weighted by molar-refractivity contribution is 5.80. The van der Waals surface area contributed by atoms with Crippen LogP contribution in [0.1, 0.15) is 11.1 Å². The first-order chi connectivity index (χ1) is 9.19. The molecule has 1 aliphatic heterocycles. The topological polar surface area (TPSA) is 38.8 Å². The van der Waals surface area contributed by atoms with E-state index in [1.54, 1.807) is 20.3 Å². The fraction of sp³-hybridized carbons (Fsp3) is 0.400. The standard InChI is InChI=1S/C15H19NO3/c1-4-6-16-7-5-11-8-13(18-2)14(19-3)9-12(11)10-15(16)17/h4,8-9H,1,5-7,10H2,2-3H3. The van der Waals surface area contributed by atoms with Crippen molar-refractivity contribution in [1.82, 2.24) is 4.90 Å². The van der Waals surface area contributed by atoms with Crippen LogP contribution < -0.4 is 9.47 Å². The largest absolute Gasteiger partial charge is 0.493 e. The number of fused-ring (bicyclic) bond motifs is 1. The summed E-state index contributed by atoms with van der Waals surface area (Å²) in [4.78, 5) is 14.0. The molecule has 1 aromatic rings. The van der Waals surface area contributed by atoms with Crippen molar-refractivity contribution in [3.05, 3.63) is 35.9 Å². The molecule has 0 spiro atoms. The van der Waals surface area contributed by atoms with E-state index in [1.807, 2.05) is 17.0 Å². The number of carbonyl (C=O) groups is 1. The maximum Gasteiger partial charge on any atom is 0.227 e. The molecule has 1 amide bonds. The Balaban J connectivity index is 2.34. The van der Waals surface area contributed by atoms with E-state index in [0.717, 1.165) is 17.5 Å². The molecule has 0 unspecified atom stereocenters. The van der Waals surface area contributed by atoms with Crippen molar-refractivity contribution in [2.75, 3.05) is 27.3 Å².